The first-order valence-electron chi connectivity index (χ1n) is 12.8. The van der Waals surface area contributed by atoms with Crippen molar-refractivity contribution in [1.29, 1.82) is 0 Å². The lowest BCUT2D eigenvalue weighted by atomic mass is 9.98. The summed E-state index contributed by atoms with van der Waals surface area (Å²) in [6, 6.07) is 12.3. The monoisotopic (exact) mass is 556 g/mol. The highest BCUT2D eigenvalue weighted by Crippen LogP contribution is 2.33. The van der Waals surface area contributed by atoms with Crippen molar-refractivity contribution in [3.05, 3.63) is 80.2 Å². The number of methoxy groups -OCH3 is 1. The summed E-state index contributed by atoms with van der Waals surface area (Å²) < 4.78 is 8.54. The normalized spacial score (nSPS) is 15.6. The van der Waals surface area contributed by atoms with Crippen LogP contribution in [0.25, 0.3) is 16.9 Å². The molecule has 1 aromatic carbocycles. The predicted octanol–water partition coefficient (Wildman–Crippen LogP) is 4.43. The van der Waals surface area contributed by atoms with Gasteiger partial charge in [-0.15, -0.1) is 0 Å². The van der Waals surface area contributed by atoms with E-state index < -0.39 is 0 Å². The summed E-state index contributed by atoms with van der Waals surface area (Å²) in [5.74, 6) is 7.45. The number of nitrogens with zero attached hydrogens (tertiary/aromatic N) is 4. The van der Waals surface area contributed by atoms with Crippen LogP contribution in [0, 0.1) is 11.8 Å². The van der Waals surface area contributed by atoms with Crippen LogP contribution < -0.4 is 15.1 Å². The van der Waals surface area contributed by atoms with Gasteiger partial charge in [0.25, 0.3) is 0 Å². The summed E-state index contributed by atoms with van der Waals surface area (Å²) in [4.78, 5) is 22.8. The summed E-state index contributed by atoms with van der Waals surface area (Å²) in [6.07, 6.45) is 7.57. The second-order valence-corrected chi connectivity index (χ2v) is 10.6. The molecule has 2 aliphatic carbocycles. The van der Waals surface area contributed by atoms with Crippen LogP contribution in [0.4, 0.5) is 5.69 Å². The Morgan fingerprint density at radius 1 is 1.05 bits per heavy atom. The smallest absolute Gasteiger partial charge is 0.210 e. The minimum Gasteiger partial charge on any atom is -0.495 e. The van der Waals surface area contributed by atoms with Gasteiger partial charge in [0.1, 0.15) is 11.4 Å². The van der Waals surface area contributed by atoms with E-state index in [0.717, 1.165) is 67.0 Å². The minimum atomic E-state index is -0.0316. The Bertz CT molecular complexity index is 1560. The topological polar surface area (TPSA) is 50.1 Å². The van der Waals surface area contributed by atoms with Gasteiger partial charge in [0.2, 0.25) is 5.43 Å². The van der Waals surface area contributed by atoms with Gasteiger partial charge in [0.15, 0.2) is 0 Å². The third-order valence-electron chi connectivity index (χ3n) is 7.52. The highest BCUT2D eigenvalue weighted by Gasteiger charge is 2.22. The number of rotatable bonds is 4. The van der Waals surface area contributed by atoms with E-state index in [1.54, 1.807) is 7.11 Å². The number of ether oxygens (including phenoxy) is 1. The van der Waals surface area contributed by atoms with E-state index in [0.29, 0.717) is 24.2 Å². The molecule has 2 aliphatic heterocycles. The largest absolute Gasteiger partial charge is 0.495 e. The van der Waals surface area contributed by atoms with Crippen LogP contribution in [0.1, 0.15) is 23.1 Å². The highest BCUT2D eigenvalue weighted by atomic mass is 79.9. The number of fused-ring (bicyclic) bond motifs is 2. The van der Waals surface area contributed by atoms with Gasteiger partial charge in [-0.25, -0.2) is 0 Å². The van der Waals surface area contributed by atoms with Gasteiger partial charge < -0.3 is 14.0 Å². The van der Waals surface area contributed by atoms with Crippen molar-refractivity contribution in [2.75, 3.05) is 44.7 Å². The summed E-state index contributed by atoms with van der Waals surface area (Å²) >= 11 is 3.73. The summed E-state index contributed by atoms with van der Waals surface area (Å²) in [6.45, 7) is 4.46. The average Bonchev–Trinajstić information content (AvgIpc) is 3.28. The number of hydrogen-bond donors (Lipinski definition) is 0. The molecule has 37 heavy (non-hydrogen) atoms. The highest BCUT2D eigenvalue weighted by molar-refractivity contribution is 9.10. The molecule has 0 amide bonds. The van der Waals surface area contributed by atoms with E-state index in [1.807, 2.05) is 30.5 Å². The molecule has 188 valence electrons. The lowest BCUT2D eigenvalue weighted by molar-refractivity contribution is 0.287. The number of para-hydroxylation sites is 2. The Kier molecular flexibility index (Phi) is 6.62. The van der Waals surface area contributed by atoms with Gasteiger partial charge in [-0.1, -0.05) is 24.0 Å². The summed E-state index contributed by atoms with van der Waals surface area (Å²) in [7, 11) is 1.72. The van der Waals surface area contributed by atoms with Crippen molar-refractivity contribution in [2.45, 2.75) is 25.7 Å². The Hall–Kier alpha value is -3.34. The van der Waals surface area contributed by atoms with Crippen LogP contribution in [0.5, 0.6) is 5.75 Å². The minimum absolute atomic E-state index is 0.0316. The SMILES string of the molecule is COc1ccccc1N1CCN(CC#CCc2cc(Br)c3n4ccc5c4c(cnc-3c2=O)CCC5)CC1. The fourth-order valence-electron chi connectivity index (χ4n) is 5.58. The van der Waals surface area contributed by atoms with E-state index in [2.05, 4.69) is 65.3 Å². The molecule has 1 aromatic heterocycles. The van der Waals surface area contributed by atoms with Gasteiger partial charge in [0, 0.05) is 55.0 Å². The first-order valence-corrected chi connectivity index (χ1v) is 13.6. The molecule has 1 saturated heterocycles. The number of aromatic nitrogens is 2. The first kappa shape index (κ1) is 24.0. The molecule has 0 saturated carbocycles. The molecule has 0 atom stereocenters. The molecule has 6 nitrogen and oxygen atoms in total. The Balaban J connectivity index is 1.17. The van der Waals surface area contributed by atoms with E-state index >= 15 is 0 Å². The molecule has 4 aliphatic rings. The maximum atomic E-state index is 13.4. The van der Waals surface area contributed by atoms with Gasteiger partial charge in [-0.2, -0.15) is 0 Å². The second-order valence-electron chi connectivity index (χ2n) is 9.71. The number of hydrogen-bond acceptors (Lipinski definition) is 5. The lowest BCUT2D eigenvalue weighted by Crippen LogP contribution is -2.46. The summed E-state index contributed by atoms with van der Waals surface area (Å²) in [5.41, 5.74) is 6.87. The number of halogens is 1. The Morgan fingerprint density at radius 3 is 2.70 bits per heavy atom. The van der Waals surface area contributed by atoms with Gasteiger partial charge in [-0.05, 0) is 70.6 Å². The molecule has 0 spiro atoms. The summed E-state index contributed by atoms with van der Waals surface area (Å²) in [5, 5.41) is 0. The fourth-order valence-corrected chi connectivity index (χ4v) is 6.24. The zero-order valence-corrected chi connectivity index (χ0v) is 22.6. The van der Waals surface area contributed by atoms with Crippen molar-refractivity contribution in [1.82, 2.24) is 14.3 Å². The second kappa shape index (κ2) is 10.2. The third-order valence-corrected chi connectivity index (χ3v) is 8.12. The molecular weight excluding hydrogens is 528 g/mol. The number of aryl methyl sites for hydroxylation is 2. The van der Waals surface area contributed by atoms with Crippen molar-refractivity contribution in [3.63, 3.8) is 0 Å². The molecule has 2 aromatic rings. The zero-order chi connectivity index (χ0) is 25.4. The Labute approximate surface area is 225 Å². The number of piperazine rings is 1. The van der Waals surface area contributed by atoms with Crippen molar-refractivity contribution < 1.29 is 4.74 Å². The zero-order valence-electron chi connectivity index (χ0n) is 21.0. The van der Waals surface area contributed by atoms with Gasteiger partial charge in [-0.3, -0.25) is 14.7 Å². The average molecular weight is 557 g/mol. The van der Waals surface area contributed by atoms with Crippen molar-refractivity contribution >= 4 is 27.1 Å². The van der Waals surface area contributed by atoms with Gasteiger partial charge in [0.05, 0.1) is 30.6 Å². The van der Waals surface area contributed by atoms with E-state index in [9.17, 15) is 4.79 Å². The maximum Gasteiger partial charge on any atom is 0.210 e. The molecule has 7 heteroatoms. The molecule has 0 N–H and O–H groups in total. The first-order chi connectivity index (χ1) is 18.1. The maximum absolute atomic E-state index is 13.4. The van der Waals surface area contributed by atoms with Crippen molar-refractivity contribution in [2.24, 2.45) is 0 Å². The van der Waals surface area contributed by atoms with Crippen LogP contribution in [-0.2, 0) is 19.3 Å². The fraction of sp³-hybridized carbons (Fsp3) is 0.333. The van der Waals surface area contributed by atoms with Crippen LogP contribution in [0.3, 0.4) is 0 Å². The molecular formula is C30H29BrN4O2. The van der Waals surface area contributed by atoms with Crippen LogP contribution in [-0.4, -0.2) is 54.1 Å². The molecule has 6 rings (SSSR count). The molecule has 0 unspecified atom stereocenters. The van der Waals surface area contributed by atoms with E-state index in [-0.39, 0.29) is 5.43 Å². The molecule has 3 heterocycles. The van der Waals surface area contributed by atoms with Gasteiger partial charge >= 0.3 is 0 Å². The number of benzene rings is 2. The lowest BCUT2D eigenvalue weighted by Gasteiger charge is -2.35. The quantitative estimate of drug-likeness (QED) is 0.348. The number of anilines is 1. The third kappa shape index (κ3) is 4.49. The molecule has 1 fully saturated rings. The molecule has 0 bridgehead atoms. The standard InChI is InChI=1S/C30H29BrN4O2/c1-37-26-11-3-2-10-25(26)34-17-15-33(16-18-34)13-5-4-7-22-19-24(31)29-27(30(22)36)32-20-23-9-6-8-21-12-14-35(29)28(21)23/h2-3,10-12,14,19-20H,6-9,13,15-18H2,1H3. The molecule has 0 radical (unpaired) electrons. The van der Waals surface area contributed by atoms with Crippen LogP contribution >= 0.6 is 15.9 Å². The van der Waals surface area contributed by atoms with E-state index in [4.69, 9.17) is 4.74 Å². The van der Waals surface area contributed by atoms with Crippen LogP contribution in [0.15, 0.2) is 58.1 Å². The predicted molar refractivity (Wildman–Crippen MR) is 151 cm³/mol. The van der Waals surface area contributed by atoms with E-state index in [1.165, 1.54) is 16.6 Å². The Morgan fingerprint density at radius 2 is 1.86 bits per heavy atom. The van der Waals surface area contributed by atoms with Crippen LogP contribution in [0.2, 0.25) is 0 Å². The van der Waals surface area contributed by atoms with Crippen molar-refractivity contribution in [3.8, 4) is 29.0 Å².